The number of nitrogens with one attached hydrogen (secondary N) is 1. The minimum absolute atomic E-state index is 0.0373. The van der Waals surface area contributed by atoms with Crippen molar-refractivity contribution >= 4 is 56.9 Å². The number of rotatable bonds is 5. The van der Waals surface area contributed by atoms with Gasteiger partial charge in [0.2, 0.25) is 0 Å². The first-order valence-corrected chi connectivity index (χ1v) is 9.72. The van der Waals surface area contributed by atoms with Crippen molar-refractivity contribution in [2.24, 2.45) is 0 Å². The number of anilines is 1. The Balaban J connectivity index is 2.31. The zero-order valence-corrected chi connectivity index (χ0v) is 17.5. The minimum Gasteiger partial charge on any atom is -0.462 e. The summed E-state index contributed by atoms with van der Waals surface area (Å²) in [7, 11) is 0. The number of nitriles is 1. The molecule has 0 radical (unpaired) electrons. The number of hydrogen-bond acceptors (Lipinski definition) is 5. The average molecular weight is 480 g/mol. The molecule has 0 atom stereocenters. The molecule has 1 aromatic carbocycles. The summed E-state index contributed by atoms with van der Waals surface area (Å²) in [6.07, 6.45) is 1.52. The fourth-order valence-electron chi connectivity index (χ4n) is 2.21. The van der Waals surface area contributed by atoms with Gasteiger partial charge in [-0.3, -0.25) is 4.79 Å². The van der Waals surface area contributed by atoms with Gasteiger partial charge in [-0.15, -0.1) is 11.3 Å². The summed E-state index contributed by atoms with van der Waals surface area (Å²) in [5.74, 6) is -1.04. The molecule has 0 aliphatic heterocycles. The Morgan fingerprint density at radius 3 is 2.54 bits per heavy atom. The van der Waals surface area contributed by atoms with Crippen molar-refractivity contribution < 1.29 is 14.3 Å². The van der Waals surface area contributed by atoms with Crippen LogP contribution >= 0.6 is 33.9 Å². The highest BCUT2D eigenvalue weighted by Gasteiger charge is 2.23. The van der Waals surface area contributed by atoms with Gasteiger partial charge < -0.3 is 10.1 Å². The Morgan fingerprint density at radius 2 is 1.96 bits per heavy atom. The van der Waals surface area contributed by atoms with E-state index in [0.29, 0.717) is 10.6 Å². The lowest BCUT2D eigenvalue weighted by molar-refractivity contribution is -0.112. The van der Waals surface area contributed by atoms with Crippen LogP contribution < -0.4 is 5.32 Å². The highest BCUT2D eigenvalue weighted by Crippen LogP contribution is 2.33. The van der Waals surface area contributed by atoms with Crippen LogP contribution in [0, 0.1) is 28.7 Å². The normalized spacial score (nSPS) is 11.0. The van der Waals surface area contributed by atoms with E-state index in [1.54, 1.807) is 13.8 Å². The van der Waals surface area contributed by atoms with Gasteiger partial charge in [-0.25, -0.2) is 4.79 Å². The summed E-state index contributed by atoms with van der Waals surface area (Å²) in [6, 6.07) is 9.36. The second-order valence-corrected chi connectivity index (χ2v) is 7.85. The molecule has 5 nitrogen and oxygen atoms in total. The van der Waals surface area contributed by atoms with Crippen LogP contribution in [0.1, 0.15) is 33.3 Å². The van der Waals surface area contributed by atoms with Crippen LogP contribution in [-0.2, 0) is 9.53 Å². The number of amides is 1. The lowest BCUT2D eigenvalue weighted by Crippen LogP contribution is -2.16. The molecule has 0 saturated heterocycles. The molecule has 134 valence electrons. The van der Waals surface area contributed by atoms with Crippen molar-refractivity contribution in [3.63, 3.8) is 0 Å². The summed E-state index contributed by atoms with van der Waals surface area (Å²) in [4.78, 5) is 25.6. The molecule has 0 fully saturated rings. The quantitative estimate of drug-likeness (QED) is 0.292. The highest BCUT2D eigenvalue weighted by molar-refractivity contribution is 14.1. The van der Waals surface area contributed by atoms with Crippen molar-refractivity contribution in [1.29, 1.82) is 5.26 Å². The van der Waals surface area contributed by atoms with Gasteiger partial charge in [0.1, 0.15) is 16.6 Å². The smallest absolute Gasteiger partial charge is 0.341 e. The van der Waals surface area contributed by atoms with Crippen LogP contribution in [0.3, 0.4) is 0 Å². The molecule has 0 saturated carbocycles. The summed E-state index contributed by atoms with van der Waals surface area (Å²) < 4.78 is 6.14. The van der Waals surface area contributed by atoms with Crippen LogP contribution in [-0.4, -0.2) is 18.5 Å². The molecule has 0 spiro atoms. The van der Waals surface area contributed by atoms with E-state index in [1.165, 1.54) is 17.4 Å². The Hall–Kier alpha value is -2.18. The summed E-state index contributed by atoms with van der Waals surface area (Å²) >= 11 is 3.47. The van der Waals surface area contributed by atoms with Gasteiger partial charge in [0.05, 0.1) is 12.2 Å². The first-order chi connectivity index (χ1) is 12.4. The molecule has 2 rings (SSSR count). The third kappa shape index (κ3) is 4.71. The molecule has 0 unspecified atom stereocenters. The van der Waals surface area contributed by atoms with E-state index in [-0.39, 0.29) is 12.2 Å². The molecule has 0 aliphatic carbocycles. The van der Waals surface area contributed by atoms with Crippen LogP contribution in [0.2, 0.25) is 0 Å². The molecule has 1 heterocycles. The van der Waals surface area contributed by atoms with Crippen LogP contribution in [0.5, 0.6) is 0 Å². The third-order valence-electron chi connectivity index (χ3n) is 3.64. The van der Waals surface area contributed by atoms with Crippen molar-refractivity contribution in [1.82, 2.24) is 0 Å². The first-order valence-electron chi connectivity index (χ1n) is 7.83. The van der Waals surface area contributed by atoms with Crippen LogP contribution in [0.15, 0.2) is 29.8 Å². The Labute approximate surface area is 169 Å². The molecule has 7 heteroatoms. The van der Waals surface area contributed by atoms with E-state index in [0.717, 1.165) is 19.6 Å². The van der Waals surface area contributed by atoms with E-state index in [4.69, 9.17) is 4.74 Å². The van der Waals surface area contributed by atoms with Crippen LogP contribution in [0.25, 0.3) is 6.08 Å². The van der Waals surface area contributed by atoms with Gasteiger partial charge >= 0.3 is 5.97 Å². The summed E-state index contributed by atoms with van der Waals surface area (Å²) in [5.41, 5.74) is 1.82. The number of halogens is 1. The first kappa shape index (κ1) is 20.1. The standard InChI is InChI=1S/C19H17IN2O3S/c1-4-25-19(24)16-11(2)12(3)26-18(16)22-17(23)14(10-21)9-13-5-7-15(20)8-6-13/h5-9H,4H2,1-3H3,(H,22,23). The molecular formula is C19H17IN2O3S. The summed E-state index contributed by atoms with van der Waals surface area (Å²) in [5, 5.41) is 12.4. The second-order valence-electron chi connectivity index (χ2n) is 5.38. The molecule has 2 aromatic rings. The number of ether oxygens (including phenoxy) is 1. The highest BCUT2D eigenvalue weighted by atomic mass is 127. The number of carbonyl (C=O) groups is 2. The predicted molar refractivity (Wildman–Crippen MR) is 111 cm³/mol. The zero-order chi connectivity index (χ0) is 19.3. The van der Waals surface area contributed by atoms with Gasteiger partial charge in [0.25, 0.3) is 5.91 Å². The fourth-order valence-corrected chi connectivity index (χ4v) is 3.61. The Kier molecular flexibility index (Phi) is 6.94. The lowest BCUT2D eigenvalue weighted by atomic mass is 10.1. The third-order valence-corrected chi connectivity index (χ3v) is 5.48. The SMILES string of the molecule is CCOC(=O)c1c(NC(=O)C(C#N)=Cc2ccc(I)cc2)sc(C)c1C. The molecule has 0 bridgehead atoms. The molecule has 1 amide bonds. The molecule has 0 aliphatic rings. The van der Waals surface area contributed by atoms with Crippen molar-refractivity contribution in [3.8, 4) is 6.07 Å². The number of aryl methyl sites for hydroxylation is 1. The maximum atomic E-state index is 12.5. The molecule has 1 aromatic heterocycles. The van der Waals surface area contributed by atoms with Crippen molar-refractivity contribution in [2.45, 2.75) is 20.8 Å². The minimum atomic E-state index is -0.558. The number of hydrogen-bond donors (Lipinski definition) is 1. The number of thiophene rings is 1. The van der Waals surface area contributed by atoms with E-state index in [1.807, 2.05) is 37.3 Å². The van der Waals surface area contributed by atoms with Crippen molar-refractivity contribution in [2.75, 3.05) is 11.9 Å². The zero-order valence-electron chi connectivity index (χ0n) is 14.6. The van der Waals surface area contributed by atoms with Gasteiger partial charge in [-0.05, 0) is 72.7 Å². The predicted octanol–water partition coefficient (Wildman–Crippen LogP) is 4.69. The lowest BCUT2D eigenvalue weighted by Gasteiger charge is -2.07. The van der Waals surface area contributed by atoms with Crippen molar-refractivity contribution in [3.05, 3.63) is 55.0 Å². The molecule has 1 N–H and O–H groups in total. The second kappa shape index (κ2) is 8.96. The van der Waals surface area contributed by atoms with Gasteiger partial charge in [-0.2, -0.15) is 5.26 Å². The number of nitrogens with zero attached hydrogens (tertiary/aromatic N) is 1. The molecular weight excluding hydrogens is 463 g/mol. The maximum absolute atomic E-state index is 12.5. The Bertz CT molecular complexity index is 908. The molecule has 26 heavy (non-hydrogen) atoms. The van der Waals surface area contributed by atoms with Gasteiger partial charge in [0, 0.05) is 8.45 Å². The van der Waals surface area contributed by atoms with Gasteiger partial charge in [0.15, 0.2) is 0 Å². The maximum Gasteiger partial charge on any atom is 0.341 e. The number of esters is 1. The largest absolute Gasteiger partial charge is 0.462 e. The van der Waals surface area contributed by atoms with E-state index in [2.05, 4.69) is 27.9 Å². The topological polar surface area (TPSA) is 79.2 Å². The van der Waals surface area contributed by atoms with E-state index < -0.39 is 11.9 Å². The fraction of sp³-hybridized carbons (Fsp3) is 0.211. The Morgan fingerprint density at radius 1 is 1.31 bits per heavy atom. The number of benzene rings is 1. The monoisotopic (exact) mass is 480 g/mol. The van der Waals surface area contributed by atoms with Gasteiger partial charge in [-0.1, -0.05) is 12.1 Å². The van der Waals surface area contributed by atoms with E-state index in [9.17, 15) is 14.9 Å². The van der Waals surface area contributed by atoms with E-state index >= 15 is 0 Å². The van der Waals surface area contributed by atoms with Crippen LogP contribution in [0.4, 0.5) is 5.00 Å². The number of carbonyl (C=O) groups excluding carboxylic acids is 2. The summed E-state index contributed by atoms with van der Waals surface area (Å²) in [6.45, 7) is 5.64. The average Bonchev–Trinajstić information content (AvgIpc) is 2.88.